The molecule has 2 heterocycles. The monoisotopic (exact) mass is 972 g/mol. The molecule has 7 rings (SSSR count). The number of halogens is 2. The topological polar surface area (TPSA) is 173 Å². The first-order chi connectivity index (χ1) is 27.1. The van der Waals surface area contributed by atoms with Crippen LogP contribution in [0.1, 0.15) is 60.0 Å². The van der Waals surface area contributed by atoms with Gasteiger partial charge in [-0.1, -0.05) is 29.8 Å². The van der Waals surface area contributed by atoms with Crippen molar-refractivity contribution in [2.45, 2.75) is 12.8 Å². The van der Waals surface area contributed by atoms with Crippen molar-refractivity contribution in [3.63, 3.8) is 0 Å². The zero-order valence-electron chi connectivity index (χ0n) is 30.1. The molecule has 0 saturated carbocycles. The molecule has 0 spiro atoms. The minimum atomic E-state index is -0.404. The Morgan fingerprint density at radius 1 is 0.679 bits per heavy atom. The summed E-state index contributed by atoms with van der Waals surface area (Å²) < 4.78 is 11.4. The van der Waals surface area contributed by atoms with Crippen molar-refractivity contribution in [3.05, 3.63) is 149 Å². The molecule has 0 saturated heterocycles. The van der Waals surface area contributed by atoms with E-state index in [1.807, 2.05) is 88.8 Å². The van der Waals surface area contributed by atoms with Crippen LogP contribution in [0.5, 0.6) is 23.0 Å². The van der Waals surface area contributed by atoms with Crippen LogP contribution in [-0.2, 0) is 0 Å². The second-order valence-electron chi connectivity index (χ2n) is 12.8. The Hall–Kier alpha value is -5.88. The number of H-pyrrole nitrogens is 2. The first kappa shape index (κ1) is 38.4. The summed E-state index contributed by atoms with van der Waals surface area (Å²) in [7, 11) is 2.95. The Balaban J connectivity index is 1.20. The van der Waals surface area contributed by atoms with Crippen LogP contribution in [0.2, 0.25) is 0 Å². The van der Waals surface area contributed by atoms with Crippen LogP contribution in [0.4, 0.5) is 0 Å². The summed E-state index contributed by atoms with van der Waals surface area (Å²) in [5.41, 5.74) is 12.9. The fraction of sp³-hybridized carbons (Fsp3) is 0.0952. The fourth-order valence-corrected chi connectivity index (χ4v) is 7.60. The zero-order valence-corrected chi connectivity index (χ0v) is 34.5. The summed E-state index contributed by atoms with van der Waals surface area (Å²) in [6, 6.07) is 25.9. The van der Waals surface area contributed by atoms with E-state index in [0.29, 0.717) is 40.9 Å². The molecular formula is C42H34I2N6O6. The van der Waals surface area contributed by atoms with E-state index in [1.54, 1.807) is 36.4 Å². The first-order valence-corrected chi connectivity index (χ1v) is 19.3. The number of amides is 2. The molecule has 0 aliphatic heterocycles. The number of nitrogens with one attached hydrogen (secondary N) is 4. The van der Waals surface area contributed by atoms with Crippen LogP contribution in [-0.4, -0.2) is 58.6 Å². The molecule has 282 valence electrons. The summed E-state index contributed by atoms with van der Waals surface area (Å²) in [6.07, 6.45) is 6.85. The largest absolute Gasteiger partial charge is 0.504 e. The first-order valence-electron chi connectivity index (χ1n) is 17.1. The highest BCUT2D eigenvalue weighted by atomic mass is 127. The molecular weight excluding hydrogens is 938 g/mol. The number of carbonyl (C=O) groups excluding carboxylic acids is 2. The molecule has 0 aliphatic rings. The molecule has 2 amide bonds. The highest BCUT2D eigenvalue weighted by Crippen LogP contribution is 2.40. The van der Waals surface area contributed by atoms with Crippen molar-refractivity contribution >= 4 is 91.2 Å². The van der Waals surface area contributed by atoms with Gasteiger partial charge in [0.05, 0.1) is 33.8 Å². The average Bonchev–Trinajstić information content (AvgIpc) is 3.83. The molecule has 0 bridgehead atoms. The summed E-state index contributed by atoms with van der Waals surface area (Å²) >= 11 is 3.99. The van der Waals surface area contributed by atoms with E-state index in [-0.39, 0.29) is 17.4 Å². The van der Waals surface area contributed by atoms with E-state index in [4.69, 9.17) is 9.47 Å². The van der Waals surface area contributed by atoms with Gasteiger partial charge < -0.3 is 29.7 Å². The Morgan fingerprint density at radius 3 is 1.55 bits per heavy atom. The van der Waals surface area contributed by atoms with Gasteiger partial charge in [0.25, 0.3) is 11.8 Å². The number of phenolic OH excluding ortho intramolecular Hbond substituents is 2. The fourth-order valence-electron chi connectivity index (χ4n) is 6.43. The standard InChI is InChI=1S/C42H34I2N6O6/c1-22-4-6-23(7-5-22)36(30-20-45-32-12-8-24(16-28(30)32)41(53)49-47-18-26-10-14-34(55-2)39(51)37(26)43)31-21-46-33-13-9-25(17-29(31)33)42(54)50-48-19-27-11-15-35(56-3)40(52)38(27)44/h4-21,36,45-46,51-52H,1-3H3,(H,49,53)(H,50,54)/b47-18+,48-19+. The summed E-state index contributed by atoms with van der Waals surface area (Å²) in [5, 5.41) is 30.7. The minimum Gasteiger partial charge on any atom is -0.504 e. The lowest BCUT2D eigenvalue weighted by Crippen LogP contribution is -2.17. The number of fused-ring (bicyclic) bond motifs is 2. The van der Waals surface area contributed by atoms with E-state index in [1.165, 1.54) is 26.6 Å². The van der Waals surface area contributed by atoms with Crippen LogP contribution in [0.15, 0.2) is 108 Å². The lowest BCUT2D eigenvalue weighted by molar-refractivity contribution is 0.0947. The molecule has 0 atom stereocenters. The van der Waals surface area contributed by atoms with Gasteiger partial charge in [-0.15, -0.1) is 0 Å². The van der Waals surface area contributed by atoms with Crippen LogP contribution >= 0.6 is 45.2 Å². The van der Waals surface area contributed by atoms with Crippen LogP contribution in [0.25, 0.3) is 21.8 Å². The Morgan fingerprint density at radius 2 is 1.12 bits per heavy atom. The number of aromatic nitrogens is 2. The normalized spacial score (nSPS) is 11.6. The second-order valence-corrected chi connectivity index (χ2v) is 14.9. The van der Waals surface area contributed by atoms with Crippen molar-refractivity contribution in [1.82, 2.24) is 20.8 Å². The highest BCUT2D eigenvalue weighted by molar-refractivity contribution is 14.1. The van der Waals surface area contributed by atoms with Crippen LogP contribution in [0.3, 0.4) is 0 Å². The lowest BCUT2D eigenvalue weighted by atomic mass is 9.84. The molecule has 0 radical (unpaired) electrons. The van der Waals surface area contributed by atoms with Gasteiger partial charge in [-0.2, -0.15) is 10.2 Å². The number of aryl methyl sites for hydroxylation is 1. The van der Waals surface area contributed by atoms with Gasteiger partial charge in [-0.05, 0) is 129 Å². The Labute approximate surface area is 348 Å². The summed E-state index contributed by atoms with van der Waals surface area (Å²) in [6.45, 7) is 2.04. The number of ether oxygens (including phenoxy) is 2. The van der Waals surface area contributed by atoms with E-state index in [9.17, 15) is 19.8 Å². The quantitative estimate of drug-likeness (QED) is 0.0432. The number of methoxy groups -OCH3 is 2. The third kappa shape index (κ3) is 7.66. The van der Waals surface area contributed by atoms with Gasteiger partial charge in [0.1, 0.15) is 0 Å². The molecule has 12 nitrogen and oxygen atoms in total. The van der Waals surface area contributed by atoms with Crippen molar-refractivity contribution in [1.29, 1.82) is 0 Å². The maximum atomic E-state index is 13.4. The minimum absolute atomic E-state index is 0.000988. The average molecular weight is 973 g/mol. The SMILES string of the molecule is COc1ccc(/C=N/NC(=O)c2ccc3[nH]cc(C(c4ccc(C)cc4)c4c[nH]c5ccc(C(=O)N/N=C/c6ccc(OC)c(O)c6I)cc45)c3c2)c(I)c1O. The number of hydrogen-bond donors (Lipinski definition) is 6. The highest BCUT2D eigenvalue weighted by Gasteiger charge is 2.25. The molecule has 56 heavy (non-hydrogen) atoms. The van der Waals surface area contributed by atoms with E-state index >= 15 is 0 Å². The number of rotatable bonds is 11. The van der Waals surface area contributed by atoms with E-state index in [2.05, 4.69) is 55.3 Å². The van der Waals surface area contributed by atoms with Crippen molar-refractivity contribution < 1.29 is 29.3 Å². The van der Waals surface area contributed by atoms with Crippen molar-refractivity contribution in [2.24, 2.45) is 10.2 Å². The number of carbonyl (C=O) groups is 2. The number of nitrogens with zero attached hydrogens (tertiary/aromatic N) is 2. The van der Waals surface area contributed by atoms with Gasteiger partial charge in [-0.3, -0.25) is 9.59 Å². The predicted octanol–water partition coefficient (Wildman–Crippen LogP) is 8.30. The van der Waals surface area contributed by atoms with E-state index in [0.717, 1.165) is 44.1 Å². The molecule has 2 aromatic heterocycles. The molecule has 0 aliphatic carbocycles. The van der Waals surface area contributed by atoms with Gasteiger partial charge in [0.15, 0.2) is 23.0 Å². The summed E-state index contributed by atoms with van der Waals surface area (Å²) in [5.74, 6) is -0.410. The lowest BCUT2D eigenvalue weighted by Gasteiger charge is -2.18. The third-order valence-corrected chi connectivity index (χ3v) is 11.6. The Bertz CT molecular complexity index is 2520. The maximum absolute atomic E-state index is 13.4. The molecule has 0 unspecified atom stereocenters. The number of hydrogen-bond acceptors (Lipinski definition) is 8. The molecule has 14 heteroatoms. The number of aromatic amines is 2. The number of benzene rings is 5. The van der Waals surface area contributed by atoms with Crippen LogP contribution in [0, 0.1) is 14.1 Å². The Kier molecular flexibility index (Phi) is 11.3. The van der Waals surface area contributed by atoms with Gasteiger partial charge in [-0.25, -0.2) is 10.9 Å². The van der Waals surface area contributed by atoms with Crippen LogP contribution < -0.4 is 20.3 Å². The number of hydrazone groups is 2. The number of phenols is 2. The van der Waals surface area contributed by atoms with Crippen molar-refractivity contribution in [3.8, 4) is 23.0 Å². The van der Waals surface area contributed by atoms with Gasteiger partial charge >= 0.3 is 0 Å². The maximum Gasteiger partial charge on any atom is 0.271 e. The molecule has 5 aromatic carbocycles. The smallest absolute Gasteiger partial charge is 0.271 e. The third-order valence-electron chi connectivity index (χ3n) is 9.38. The predicted molar refractivity (Wildman–Crippen MR) is 234 cm³/mol. The number of aromatic hydroxyl groups is 2. The van der Waals surface area contributed by atoms with Gasteiger partial charge in [0, 0.05) is 62.4 Å². The second kappa shape index (κ2) is 16.5. The molecule has 0 fully saturated rings. The van der Waals surface area contributed by atoms with E-state index < -0.39 is 11.8 Å². The summed E-state index contributed by atoms with van der Waals surface area (Å²) in [4.78, 5) is 33.5. The van der Waals surface area contributed by atoms with Crippen molar-refractivity contribution in [2.75, 3.05) is 14.2 Å². The zero-order chi connectivity index (χ0) is 39.5. The van der Waals surface area contributed by atoms with Gasteiger partial charge in [0.2, 0.25) is 0 Å². The molecule has 7 aromatic rings. The molecule has 6 N–H and O–H groups in total.